The summed E-state index contributed by atoms with van der Waals surface area (Å²) in [7, 11) is 1.55. The predicted molar refractivity (Wildman–Crippen MR) is 87.9 cm³/mol. The number of rotatable bonds is 7. The fourth-order valence-corrected chi connectivity index (χ4v) is 1.83. The van der Waals surface area contributed by atoms with Crippen LogP contribution < -0.4 is 20.1 Å². The summed E-state index contributed by atoms with van der Waals surface area (Å²) in [6.07, 6.45) is 0. The lowest BCUT2D eigenvalue weighted by Crippen LogP contribution is -2.21. The topological polar surface area (TPSA) is 85.4 Å². The molecule has 1 aromatic carbocycles. The Bertz CT molecular complexity index is 644. The van der Waals surface area contributed by atoms with Crippen molar-refractivity contribution in [3.05, 3.63) is 36.4 Å². The highest BCUT2D eigenvalue weighted by atomic mass is 16.5. The molecule has 1 aromatic heterocycles. The third-order valence-corrected chi connectivity index (χ3v) is 2.80. The summed E-state index contributed by atoms with van der Waals surface area (Å²) in [6.45, 7) is 3.87. The summed E-state index contributed by atoms with van der Waals surface area (Å²) in [4.78, 5) is 11.9. The standard InChI is InChI=1S/C16H20N4O3/c1-11(2)17-14-8-9-15(20-19-14)18-16(21)10-23-13-7-5-4-6-12(13)22-3/h4-9,11H,10H2,1-3H3,(H,17,19)(H,18,20,21). The number of hydrogen-bond donors (Lipinski definition) is 2. The van der Waals surface area contributed by atoms with E-state index in [2.05, 4.69) is 20.8 Å². The van der Waals surface area contributed by atoms with E-state index in [1.165, 1.54) is 0 Å². The molecule has 122 valence electrons. The number of amides is 1. The van der Waals surface area contributed by atoms with Crippen LogP contribution in [0.4, 0.5) is 11.6 Å². The van der Waals surface area contributed by atoms with Gasteiger partial charge in [0.2, 0.25) is 0 Å². The minimum absolute atomic E-state index is 0.145. The molecule has 7 nitrogen and oxygen atoms in total. The fraction of sp³-hybridized carbons (Fsp3) is 0.312. The molecule has 1 amide bonds. The molecule has 0 saturated carbocycles. The molecule has 7 heteroatoms. The normalized spacial score (nSPS) is 10.3. The number of para-hydroxylation sites is 2. The first-order valence-corrected chi connectivity index (χ1v) is 7.24. The van der Waals surface area contributed by atoms with Crippen molar-refractivity contribution in [2.45, 2.75) is 19.9 Å². The van der Waals surface area contributed by atoms with Gasteiger partial charge in [0.1, 0.15) is 5.82 Å². The van der Waals surface area contributed by atoms with Crippen molar-refractivity contribution < 1.29 is 14.3 Å². The number of methoxy groups -OCH3 is 1. The number of carbonyl (C=O) groups is 1. The molecule has 1 heterocycles. The van der Waals surface area contributed by atoms with Gasteiger partial charge >= 0.3 is 0 Å². The lowest BCUT2D eigenvalue weighted by Gasteiger charge is -2.11. The lowest BCUT2D eigenvalue weighted by atomic mass is 10.3. The van der Waals surface area contributed by atoms with Crippen molar-refractivity contribution in [3.63, 3.8) is 0 Å². The number of anilines is 2. The molecule has 0 fully saturated rings. The first-order valence-electron chi connectivity index (χ1n) is 7.24. The second-order valence-electron chi connectivity index (χ2n) is 5.09. The van der Waals surface area contributed by atoms with Crippen LogP contribution in [-0.4, -0.2) is 35.9 Å². The van der Waals surface area contributed by atoms with Gasteiger partial charge in [-0.15, -0.1) is 10.2 Å². The average Bonchev–Trinajstić information content (AvgIpc) is 2.54. The van der Waals surface area contributed by atoms with Gasteiger partial charge in [0.05, 0.1) is 7.11 Å². The molecule has 0 spiro atoms. The van der Waals surface area contributed by atoms with E-state index in [9.17, 15) is 4.79 Å². The third kappa shape index (κ3) is 5.14. The van der Waals surface area contributed by atoms with Crippen LogP contribution in [0, 0.1) is 0 Å². The Hall–Kier alpha value is -2.83. The quantitative estimate of drug-likeness (QED) is 0.815. The SMILES string of the molecule is COc1ccccc1OCC(=O)Nc1ccc(NC(C)C)nn1. The molecule has 2 N–H and O–H groups in total. The predicted octanol–water partition coefficient (Wildman–Crippen LogP) is 2.32. The van der Waals surface area contributed by atoms with Gasteiger partial charge < -0.3 is 20.1 Å². The van der Waals surface area contributed by atoms with Crippen LogP contribution in [0.2, 0.25) is 0 Å². The van der Waals surface area contributed by atoms with E-state index in [-0.39, 0.29) is 18.6 Å². The Labute approximate surface area is 135 Å². The van der Waals surface area contributed by atoms with Crippen LogP contribution in [0.25, 0.3) is 0 Å². The molecule has 0 aliphatic carbocycles. The van der Waals surface area contributed by atoms with Gasteiger partial charge in [0, 0.05) is 6.04 Å². The molecule has 0 aliphatic rings. The number of aromatic nitrogens is 2. The zero-order valence-corrected chi connectivity index (χ0v) is 13.4. The summed E-state index contributed by atoms with van der Waals surface area (Å²) in [5.74, 6) is 1.78. The Morgan fingerprint density at radius 2 is 1.74 bits per heavy atom. The van der Waals surface area contributed by atoms with Crippen LogP contribution >= 0.6 is 0 Å². The van der Waals surface area contributed by atoms with Crippen molar-refractivity contribution >= 4 is 17.5 Å². The summed E-state index contributed by atoms with van der Waals surface area (Å²) in [6, 6.07) is 10.8. The smallest absolute Gasteiger partial charge is 0.263 e. The van der Waals surface area contributed by atoms with Crippen molar-refractivity contribution in [2.75, 3.05) is 24.4 Å². The minimum atomic E-state index is -0.324. The lowest BCUT2D eigenvalue weighted by molar-refractivity contribution is -0.118. The molecule has 2 aromatic rings. The van der Waals surface area contributed by atoms with Gasteiger partial charge in [-0.2, -0.15) is 0 Å². The van der Waals surface area contributed by atoms with Gasteiger partial charge in [0.25, 0.3) is 5.91 Å². The second kappa shape index (κ2) is 7.98. The summed E-state index contributed by atoms with van der Waals surface area (Å²) in [5, 5.41) is 13.7. The zero-order valence-electron chi connectivity index (χ0n) is 13.4. The number of hydrogen-bond acceptors (Lipinski definition) is 6. The molecule has 23 heavy (non-hydrogen) atoms. The number of ether oxygens (including phenoxy) is 2. The Morgan fingerprint density at radius 1 is 1.09 bits per heavy atom. The van der Waals surface area contributed by atoms with E-state index in [0.717, 1.165) is 0 Å². The molecule has 0 saturated heterocycles. The van der Waals surface area contributed by atoms with Gasteiger partial charge in [-0.05, 0) is 38.1 Å². The highest BCUT2D eigenvalue weighted by Gasteiger charge is 2.08. The maximum Gasteiger partial charge on any atom is 0.263 e. The molecule has 0 radical (unpaired) electrons. The zero-order chi connectivity index (χ0) is 16.7. The molecule has 0 atom stereocenters. The Morgan fingerprint density at radius 3 is 2.35 bits per heavy atom. The largest absolute Gasteiger partial charge is 0.493 e. The highest BCUT2D eigenvalue weighted by molar-refractivity contribution is 5.90. The molecule has 0 bridgehead atoms. The van der Waals surface area contributed by atoms with Gasteiger partial charge in [-0.3, -0.25) is 4.79 Å². The third-order valence-electron chi connectivity index (χ3n) is 2.80. The van der Waals surface area contributed by atoms with E-state index in [1.807, 2.05) is 26.0 Å². The fourth-order valence-electron chi connectivity index (χ4n) is 1.83. The second-order valence-corrected chi connectivity index (χ2v) is 5.09. The van der Waals surface area contributed by atoms with Gasteiger partial charge in [-0.25, -0.2) is 0 Å². The van der Waals surface area contributed by atoms with Gasteiger partial charge in [-0.1, -0.05) is 12.1 Å². The van der Waals surface area contributed by atoms with Gasteiger partial charge in [0.15, 0.2) is 23.9 Å². The van der Waals surface area contributed by atoms with Crippen LogP contribution in [0.15, 0.2) is 36.4 Å². The van der Waals surface area contributed by atoms with Crippen LogP contribution in [-0.2, 0) is 4.79 Å². The molecule has 2 rings (SSSR count). The van der Waals surface area contributed by atoms with Crippen LogP contribution in [0.3, 0.4) is 0 Å². The van der Waals surface area contributed by atoms with Crippen molar-refractivity contribution in [1.29, 1.82) is 0 Å². The molecular weight excluding hydrogens is 296 g/mol. The maximum absolute atomic E-state index is 11.9. The molecule has 0 aliphatic heterocycles. The Balaban J connectivity index is 1.87. The summed E-state index contributed by atoms with van der Waals surface area (Å²) in [5.41, 5.74) is 0. The highest BCUT2D eigenvalue weighted by Crippen LogP contribution is 2.25. The first-order chi connectivity index (χ1) is 11.1. The van der Waals surface area contributed by atoms with E-state index in [4.69, 9.17) is 9.47 Å². The van der Waals surface area contributed by atoms with E-state index >= 15 is 0 Å². The van der Waals surface area contributed by atoms with Crippen LogP contribution in [0.5, 0.6) is 11.5 Å². The van der Waals surface area contributed by atoms with E-state index in [0.29, 0.717) is 23.1 Å². The summed E-state index contributed by atoms with van der Waals surface area (Å²) >= 11 is 0. The molecule has 0 unspecified atom stereocenters. The first kappa shape index (κ1) is 16.5. The van der Waals surface area contributed by atoms with E-state index in [1.54, 1.807) is 31.4 Å². The minimum Gasteiger partial charge on any atom is -0.493 e. The molecular formula is C16H20N4O3. The number of benzene rings is 1. The Kier molecular flexibility index (Phi) is 5.74. The van der Waals surface area contributed by atoms with Crippen LogP contribution in [0.1, 0.15) is 13.8 Å². The number of nitrogens with zero attached hydrogens (tertiary/aromatic N) is 2. The maximum atomic E-state index is 11.9. The monoisotopic (exact) mass is 316 g/mol. The summed E-state index contributed by atoms with van der Waals surface area (Å²) < 4.78 is 10.6. The average molecular weight is 316 g/mol. The van der Waals surface area contributed by atoms with E-state index < -0.39 is 0 Å². The van der Waals surface area contributed by atoms with Crippen molar-refractivity contribution in [2.24, 2.45) is 0 Å². The number of nitrogens with one attached hydrogen (secondary N) is 2. The number of carbonyl (C=O) groups excluding carboxylic acids is 1. The van der Waals surface area contributed by atoms with Crippen molar-refractivity contribution in [1.82, 2.24) is 10.2 Å². The van der Waals surface area contributed by atoms with Crippen molar-refractivity contribution in [3.8, 4) is 11.5 Å².